The number of hydrogen-bond acceptors (Lipinski definition) is 5. The van der Waals surface area contributed by atoms with Crippen LogP contribution in [0, 0.1) is 0 Å². The molecule has 0 N–H and O–H groups in total. The highest BCUT2D eigenvalue weighted by molar-refractivity contribution is 5.82. The third-order valence-corrected chi connectivity index (χ3v) is 5.22. The Kier molecular flexibility index (Phi) is 6.56. The van der Waals surface area contributed by atoms with Crippen molar-refractivity contribution in [2.24, 2.45) is 0 Å². The number of ether oxygens (including phenoxy) is 3. The van der Waals surface area contributed by atoms with Gasteiger partial charge in [0.25, 0.3) is 0 Å². The summed E-state index contributed by atoms with van der Waals surface area (Å²) in [5, 5.41) is 0. The molecule has 7 nitrogen and oxygen atoms in total. The van der Waals surface area contributed by atoms with Crippen LogP contribution in [0.5, 0.6) is 11.5 Å². The summed E-state index contributed by atoms with van der Waals surface area (Å²) in [6.45, 7) is 6.62. The van der Waals surface area contributed by atoms with E-state index in [2.05, 4.69) is 0 Å². The molecular formula is C21H27F3N2O5. The van der Waals surface area contributed by atoms with Gasteiger partial charge < -0.3 is 19.1 Å². The van der Waals surface area contributed by atoms with Crippen LogP contribution in [0.4, 0.5) is 18.0 Å². The zero-order chi connectivity index (χ0) is 22.8. The van der Waals surface area contributed by atoms with Gasteiger partial charge in [-0.25, -0.2) is 4.79 Å². The predicted molar refractivity (Wildman–Crippen MR) is 105 cm³/mol. The van der Waals surface area contributed by atoms with Crippen molar-refractivity contribution in [3.63, 3.8) is 0 Å². The van der Waals surface area contributed by atoms with Gasteiger partial charge in [0.1, 0.15) is 19.3 Å². The Morgan fingerprint density at radius 2 is 1.71 bits per heavy atom. The molecule has 0 radical (unpaired) electrons. The molecule has 0 atom stereocenters. The Labute approximate surface area is 179 Å². The van der Waals surface area contributed by atoms with Crippen LogP contribution in [-0.2, 0) is 16.1 Å². The third kappa shape index (κ3) is 5.74. The Morgan fingerprint density at radius 3 is 2.29 bits per heavy atom. The van der Waals surface area contributed by atoms with E-state index in [1.807, 2.05) is 32.9 Å². The summed E-state index contributed by atoms with van der Waals surface area (Å²) in [6, 6.07) is 5.46. The largest absolute Gasteiger partial charge is 0.486 e. The van der Waals surface area contributed by atoms with E-state index in [0.29, 0.717) is 24.7 Å². The average Bonchev–Trinajstić information content (AvgIpc) is 2.70. The molecule has 2 aliphatic rings. The van der Waals surface area contributed by atoms with Crippen molar-refractivity contribution < 1.29 is 37.0 Å². The molecule has 1 saturated heterocycles. The van der Waals surface area contributed by atoms with E-state index < -0.39 is 29.8 Å². The van der Waals surface area contributed by atoms with Crippen molar-refractivity contribution in [1.29, 1.82) is 0 Å². The fraction of sp³-hybridized carbons (Fsp3) is 0.619. The molecule has 1 aromatic rings. The minimum Gasteiger partial charge on any atom is -0.486 e. The number of likely N-dealkylation sites (tertiary alicyclic amines) is 1. The van der Waals surface area contributed by atoms with Gasteiger partial charge in [0, 0.05) is 38.0 Å². The van der Waals surface area contributed by atoms with Crippen LogP contribution in [0.15, 0.2) is 18.2 Å². The molecule has 0 aromatic heterocycles. The van der Waals surface area contributed by atoms with E-state index >= 15 is 0 Å². The fourth-order valence-electron chi connectivity index (χ4n) is 3.51. The van der Waals surface area contributed by atoms with Crippen LogP contribution in [0.25, 0.3) is 0 Å². The number of rotatable bonds is 3. The first-order valence-electron chi connectivity index (χ1n) is 10.2. The zero-order valence-corrected chi connectivity index (χ0v) is 17.8. The highest BCUT2D eigenvalue weighted by Gasteiger charge is 2.43. The number of hydrogen-bond donors (Lipinski definition) is 0. The van der Waals surface area contributed by atoms with Crippen LogP contribution in [0.1, 0.15) is 39.2 Å². The smallest absolute Gasteiger partial charge is 0.471 e. The summed E-state index contributed by atoms with van der Waals surface area (Å²) in [4.78, 5) is 26.6. The van der Waals surface area contributed by atoms with Crippen LogP contribution >= 0.6 is 0 Å². The van der Waals surface area contributed by atoms with E-state index in [0.717, 1.165) is 10.5 Å². The molecule has 0 bridgehead atoms. The maximum absolute atomic E-state index is 12.9. The van der Waals surface area contributed by atoms with Gasteiger partial charge in [0.05, 0.1) is 0 Å². The third-order valence-electron chi connectivity index (χ3n) is 5.22. The van der Waals surface area contributed by atoms with E-state index in [1.165, 1.54) is 0 Å². The molecule has 3 rings (SSSR count). The Hall–Kier alpha value is -2.65. The molecule has 10 heteroatoms. The molecule has 2 heterocycles. The van der Waals surface area contributed by atoms with Gasteiger partial charge in [0.15, 0.2) is 11.5 Å². The van der Waals surface area contributed by atoms with E-state index in [1.54, 1.807) is 11.0 Å². The van der Waals surface area contributed by atoms with Gasteiger partial charge >= 0.3 is 18.2 Å². The number of nitrogens with zero attached hydrogens (tertiary/aromatic N) is 2. The van der Waals surface area contributed by atoms with Crippen LogP contribution in [0.2, 0.25) is 0 Å². The van der Waals surface area contributed by atoms with Gasteiger partial charge in [-0.1, -0.05) is 6.07 Å². The second kappa shape index (κ2) is 8.84. The van der Waals surface area contributed by atoms with Gasteiger partial charge in [0.2, 0.25) is 0 Å². The Morgan fingerprint density at radius 1 is 1.10 bits per heavy atom. The molecule has 0 spiro atoms. The van der Waals surface area contributed by atoms with Crippen molar-refractivity contribution >= 4 is 12.0 Å². The van der Waals surface area contributed by atoms with Crippen molar-refractivity contribution in [3.8, 4) is 11.5 Å². The molecule has 2 amide bonds. The highest BCUT2D eigenvalue weighted by Crippen LogP contribution is 2.32. The lowest BCUT2D eigenvalue weighted by molar-refractivity contribution is -0.187. The maximum atomic E-state index is 12.9. The summed E-state index contributed by atoms with van der Waals surface area (Å²) >= 11 is 0. The number of fused-ring (bicyclic) bond motifs is 1. The minimum absolute atomic E-state index is 0.103. The fourth-order valence-corrected chi connectivity index (χ4v) is 3.51. The van der Waals surface area contributed by atoms with Crippen LogP contribution in [-0.4, -0.2) is 65.9 Å². The number of carbonyl (C=O) groups is 2. The standard InChI is InChI=1S/C21H27F3N2O5/c1-20(2,3)26(13-14-4-5-16-17(12-14)30-11-10-29-16)19(28)31-15-6-8-25(9-7-15)18(27)21(22,23)24/h4-5,12,15H,6-11,13H2,1-3H3. The second-order valence-corrected chi connectivity index (χ2v) is 8.61. The molecule has 0 aliphatic carbocycles. The first kappa shape index (κ1) is 23.0. The van der Waals surface area contributed by atoms with Crippen LogP contribution in [0.3, 0.4) is 0 Å². The monoisotopic (exact) mass is 444 g/mol. The summed E-state index contributed by atoms with van der Waals surface area (Å²) in [5.74, 6) is -0.583. The number of amides is 2. The SMILES string of the molecule is CC(C)(C)N(Cc1ccc2c(c1)OCCO2)C(=O)OC1CCN(C(=O)C(F)(F)F)CC1. The zero-order valence-electron chi connectivity index (χ0n) is 17.8. The molecule has 2 aliphatic heterocycles. The summed E-state index contributed by atoms with van der Waals surface area (Å²) in [5.41, 5.74) is 0.277. The van der Waals surface area contributed by atoms with Crippen molar-refractivity contribution in [2.45, 2.75) is 58.0 Å². The molecule has 1 aromatic carbocycles. The van der Waals surface area contributed by atoms with Crippen LogP contribution < -0.4 is 9.47 Å². The number of carbonyl (C=O) groups excluding carboxylic acids is 2. The molecule has 31 heavy (non-hydrogen) atoms. The lowest BCUT2D eigenvalue weighted by Gasteiger charge is -2.38. The van der Waals surface area contributed by atoms with Crippen molar-refractivity contribution in [1.82, 2.24) is 9.80 Å². The lowest BCUT2D eigenvalue weighted by atomic mass is 10.0. The second-order valence-electron chi connectivity index (χ2n) is 8.61. The van der Waals surface area contributed by atoms with Crippen molar-refractivity contribution in [2.75, 3.05) is 26.3 Å². The molecular weight excluding hydrogens is 417 g/mol. The summed E-state index contributed by atoms with van der Waals surface area (Å²) in [6.07, 6.45) is -5.67. The summed E-state index contributed by atoms with van der Waals surface area (Å²) < 4.78 is 54.5. The lowest BCUT2D eigenvalue weighted by Crippen LogP contribution is -2.49. The van der Waals surface area contributed by atoms with E-state index in [-0.39, 0.29) is 32.5 Å². The molecule has 1 fully saturated rings. The number of halogens is 3. The minimum atomic E-state index is -4.89. The van der Waals surface area contributed by atoms with Gasteiger partial charge in [-0.15, -0.1) is 0 Å². The van der Waals surface area contributed by atoms with Gasteiger partial charge in [-0.2, -0.15) is 13.2 Å². The highest BCUT2D eigenvalue weighted by atomic mass is 19.4. The van der Waals surface area contributed by atoms with Gasteiger partial charge in [-0.05, 0) is 38.5 Å². The molecule has 0 unspecified atom stereocenters. The quantitative estimate of drug-likeness (QED) is 0.711. The van der Waals surface area contributed by atoms with Crippen molar-refractivity contribution in [3.05, 3.63) is 23.8 Å². The van der Waals surface area contributed by atoms with E-state index in [9.17, 15) is 22.8 Å². The number of benzene rings is 1. The van der Waals surface area contributed by atoms with Gasteiger partial charge in [-0.3, -0.25) is 9.69 Å². The Bertz CT molecular complexity index is 814. The maximum Gasteiger partial charge on any atom is 0.471 e. The summed E-state index contributed by atoms with van der Waals surface area (Å²) in [7, 11) is 0. The number of alkyl halides is 3. The number of piperidine rings is 1. The molecule has 172 valence electrons. The van der Waals surface area contributed by atoms with E-state index in [4.69, 9.17) is 14.2 Å². The first-order valence-corrected chi connectivity index (χ1v) is 10.2. The normalized spacial score (nSPS) is 17.3. The molecule has 0 saturated carbocycles. The Balaban J connectivity index is 1.62. The average molecular weight is 444 g/mol. The predicted octanol–water partition coefficient (Wildman–Crippen LogP) is 3.75. The first-order chi connectivity index (χ1) is 14.4. The topological polar surface area (TPSA) is 68.3 Å².